The molecule has 0 bridgehead atoms. The van der Waals surface area contributed by atoms with Crippen molar-refractivity contribution < 1.29 is 4.79 Å². The normalized spacial score (nSPS) is 11.1. The molecule has 23 heavy (non-hydrogen) atoms. The summed E-state index contributed by atoms with van der Waals surface area (Å²) in [6.45, 7) is 0. The third kappa shape index (κ3) is 2.71. The highest BCUT2D eigenvalue weighted by atomic mass is 32.1. The Morgan fingerprint density at radius 2 is 1.96 bits per heavy atom. The molecule has 0 aliphatic carbocycles. The van der Waals surface area contributed by atoms with E-state index in [4.69, 9.17) is 0 Å². The molecule has 0 spiro atoms. The quantitative estimate of drug-likeness (QED) is 0.514. The first kappa shape index (κ1) is 14.3. The van der Waals surface area contributed by atoms with Crippen LogP contribution in [0.15, 0.2) is 47.8 Å². The SMILES string of the molecule is O=Cc1c(-c2cccs2)nc2sc(CCc3ccccc3)nn12. The number of benzene rings is 1. The van der Waals surface area contributed by atoms with Gasteiger partial charge in [0.15, 0.2) is 6.29 Å². The fraction of sp³-hybridized carbons (Fsp3) is 0.118. The highest BCUT2D eigenvalue weighted by molar-refractivity contribution is 7.16. The highest BCUT2D eigenvalue weighted by Gasteiger charge is 2.17. The molecule has 0 aliphatic heterocycles. The number of aldehydes is 1. The molecule has 0 saturated carbocycles. The minimum atomic E-state index is 0.532. The van der Waals surface area contributed by atoms with Crippen LogP contribution in [0.5, 0.6) is 0 Å². The second-order valence-corrected chi connectivity index (χ2v) is 7.10. The van der Waals surface area contributed by atoms with Crippen molar-refractivity contribution in [2.75, 3.05) is 0 Å². The first-order valence-electron chi connectivity index (χ1n) is 7.26. The number of hydrogen-bond donors (Lipinski definition) is 0. The zero-order valence-electron chi connectivity index (χ0n) is 12.2. The van der Waals surface area contributed by atoms with Crippen molar-refractivity contribution in [3.8, 4) is 10.6 Å². The molecule has 0 saturated heterocycles. The highest BCUT2D eigenvalue weighted by Crippen LogP contribution is 2.29. The predicted molar refractivity (Wildman–Crippen MR) is 93.4 cm³/mol. The van der Waals surface area contributed by atoms with Crippen LogP contribution in [-0.2, 0) is 12.8 Å². The van der Waals surface area contributed by atoms with Crippen molar-refractivity contribution in [3.05, 3.63) is 64.1 Å². The number of hydrogen-bond acceptors (Lipinski definition) is 5. The van der Waals surface area contributed by atoms with Crippen molar-refractivity contribution in [3.63, 3.8) is 0 Å². The number of rotatable bonds is 5. The van der Waals surface area contributed by atoms with Crippen molar-refractivity contribution >= 4 is 33.9 Å². The maximum Gasteiger partial charge on any atom is 0.213 e. The van der Waals surface area contributed by atoms with Gasteiger partial charge in [-0.3, -0.25) is 4.79 Å². The lowest BCUT2D eigenvalue weighted by molar-refractivity contribution is 0.111. The molecule has 1 aromatic carbocycles. The van der Waals surface area contributed by atoms with Gasteiger partial charge in [0.2, 0.25) is 4.96 Å². The van der Waals surface area contributed by atoms with Crippen LogP contribution >= 0.6 is 22.7 Å². The van der Waals surface area contributed by atoms with Gasteiger partial charge in [0.25, 0.3) is 0 Å². The number of aromatic nitrogens is 3. The monoisotopic (exact) mass is 339 g/mol. The lowest BCUT2D eigenvalue weighted by atomic mass is 10.1. The predicted octanol–water partition coefficient (Wildman–Crippen LogP) is 4.12. The van der Waals surface area contributed by atoms with Crippen molar-refractivity contribution in [1.82, 2.24) is 14.6 Å². The molecule has 4 rings (SSSR count). The van der Waals surface area contributed by atoms with Gasteiger partial charge < -0.3 is 0 Å². The molecule has 0 aliphatic rings. The molecule has 0 fully saturated rings. The minimum absolute atomic E-state index is 0.532. The third-order valence-electron chi connectivity index (χ3n) is 3.62. The summed E-state index contributed by atoms with van der Waals surface area (Å²) in [5, 5.41) is 7.55. The first-order chi connectivity index (χ1) is 11.3. The number of thiophene rings is 1. The minimum Gasteiger partial charge on any atom is -0.296 e. The fourth-order valence-electron chi connectivity index (χ4n) is 2.50. The van der Waals surface area contributed by atoms with E-state index in [2.05, 4.69) is 22.2 Å². The largest absolute Gasteiger partial charge is 0.296 e. The van der Waals surface area contributed by atoms with E-state index in [0.29, 0.717) is 5.69 Å². The van der Waals surface area contributed by atoms with Crippen LogP contribution in [0, 0.1) is 0 Å². The molecule has 0 amide bonds. The smallest absolute Gasteiger partial charge is 0.213 e. The number of carbonyl (C=O) groups excluding carboxylic acids is 1. The van der Waals surface area contributed by atoms with Crippen molar-refractivity contribution in [2.45, 2.75) is 12.8 Å². The summed E-state index contributed by atoms with van der Waals surface area (Å²) in [7, 11) is 0. The number of nitrogens with zero attached hydrogens (tertiary/aromatic N) is 3. The van der Waals surface area contributed by atoms with Gasteiger partial charge in [-0.05, 0) is 23.4 Å². The van der Waals surface area contributed by atoms with Crippen LogP contribution in [0.3, 0.4) is 0 Å². The Labute approximate surface area is 141 Å². The summed E-state index contributed by atoms with van der Waals surface area (Å²) in [6.07, 6.45) is 2.63. The lowest BCUT2D eigenvalue weighted by Gasteiger charge is -1.97. The van der Waals surface area contributed by atoms with E-state index in [1.54, 1.807) is 27.2 Å². The molecule has 0 N–H and O–H groups in total. The van der Waals surface area contributed by atoms with Crippen molar-refractivity contribution in [1.29, 1.82) is 0 Å². The maximum absolute atomic E-state index is 11.5. The molecular formula is C17H13N3OS2. The average Bonchev–Trinajstić information content (AvgIpc) is 3.29. The molecule has 4 aromatic rings. The van der Waals surface area contributed by atoms with Crippen LogP contribution in [0.1, 0.15) is 21.1 Å². The number of fused-ring (bicyclic) bond motifs is 1. The van der Waals surface area contributed by atoms with E-state index < -0.39 is 0 Å². The second-order valence-electron chi connectivity index (χ2n) is 5.12. The van der Waals surface area contributed by atoms with E-state index in [1.807, 2.05) is 35.7 Å². The lowest BCUT2D eigenvalue weighted by Crippen LogP contribution is -1.96. The van der Waals surface area contributed by atoms with E-state index in [1.165, 1.54) is 5.56 Å². The number of imidazole rings is 1. The first-order valence-corrected chi connectivity index (χ1v) is 8.96. The molecule has 4 nitrogen and oxygen atoms in total. The van der Waals surface area contributed by atoms with Gasteiger partial charge in [0, 0.05) is 6.42 Å². The maximum atomic E-state index is 11.5. The zero-order valence-corrected chi connectivity index (χ0v) is 13.8. The Hall–Kier alpha value is -2.31. The van der Waals surface area contributed by atoms with Crippen LogP contribution < -0.4 is 0 Å². The Bertz CT molecular complexity index is 939. The molecule has 0 unspecified atom stereocenters. The standard InChI is InChI=1S/C17H13N3OS2/c21-11-13-16(14-7-4-10-22-14)18-17-20(13)19-15(23-17)9-8-12-5-2-1-3-6-12/h1-7,10-11H,8-9H2. The Morgan fingerprint density at radius 3 is 2.70 bits per heavy atom. The summed E-state index contributed by atoms with van der Waals surface area (Å²) in [6, 6.07) is 14.3. The molecule has 114 valence electrons. The van der Waals surface area contributed by atoms with E-state index in [9.17, 15) is 4.79 Å². The van der Waals surface area contributed by atoms with E-state index in [-0.39, 0.29) is 0 Å². The van der Waals surface area contributed by atoms with Crippen LogP contribution in [-0.4, -0.2) is 20.9 Å². The Kier molecular flexibility index (Phi) is 3.77. The van der Waals surface area contributed by atoms with E-state index >= 15 is 0 Å². The van der Waals surface area contributed by atoms with Crippen LogP contribution in [0.2, 0.25) is 0 Å². The number of aryl methyl sites for hydroxylation is 2. The second kappa shape index (κ2) is 6.06. The third-order valence-corrected chi connectivity index (χ3v) is 5.46. The molecule has 3 heterocycles. The van der Waals surface area contributed by atoms with Gasteiger partial charge in [0.05, 0.1) is 4.88 Å². The summed E-state index contributed by atoms with van der Waals surface area (Å²) in [5.41, 5.74) is 2.54. The van der Waals surface area contributed by atoms with E-state index in [0.717, 1.165) is 39.7 Å². The van der Waals surface area contributed by atoms with Gasteiger partial charge in [-0.1, -0.05) is 47.7 Å². The zero-order chi connectivity index (χ0) is 15.6. The fourth-order valence-corrected chi connectivity index (χ4v) is 4.12. The molecule has 6 heteroatoms. The summed E-state index contributed by atoms with van der Waals surface area (Å²) < 4.78 is 1.67. The Morgan fingerprint density at radius 1 is 1.09 bits per heavy atom. The van der Waals surface area contributed by atoms with Gasteiger partial charge in [-0.2, -0.15) is 9.61 Å². The Balaban J connectivity index is 1.64. The molecule has 0 atom stereocenters. The van der Waals surface area contributed by atoms with Crippen LogP contribution in [0.4, 0.5) is 0 Å². The molecule has 3 aromatic heterocycles. The summed E-state index contributed by atoms with van der Waals surface area (Å²) in [4.78, 5) is 17.9. The average molecular weight is 339 g/mol. The summed E-state index contributed by atoms with van der Waals surface area (Å²) >= 11 is 3.13. The summed E-state index contributed by atoms with van der Waals surface area (Å²) in [5.74, 6) is 0. The van der Waals surface area contributed by atoms with Gasteiger partial charge in [0.1, 0.15) is 16.4 Å². The number of carbonyl (C=O) groups is 1. The topological polar surface area (TPSA) is 47.3 Å². The van der Waals surface area contributed by atoms with Crippen molar-refractivity contribution in [2.24, 2.45) is 0 Å². The van der Waals surface area contributed by atoms with Gasteiger partial charge in [-0.25, -0.2) is 4.98 Å². The molecule has 0 radical (unpaired) electrons. The molecular weight excluding hydrogens is 326 g/mol. The van der Waals surface area contributed by atoms with Gasteiger partial charge in [-0.15, -0.1) is 11.3 Å². The van der Waals surface area contributed by atoms with Crippen LogP contribution in [0.25, 0.3) is 15.5 Å². The van der Waals surface area contributed by atoms with Gasteiger partial charge >= 0.3 is 0 Å².